The molecule has 0 aliphatic heterocycles. The normalized spacial score (nSPS) is 13.0. The molecule has 0 fully saturated rings. The molecule has 0 aliphatic carbocycles. The lowest BCUT2D eigenvalue weighted by molar-refractivity contribution is -0.217. The molecule has 28 heavy (non-hydrogen) atoms. The molecule has 0 saturated heterocycles. The molecule has 160 valence electrons. The van der Waals surface area contributed by atoms with E-state index in [1.165, 1.54) is 6.20 Å². The molecular formula is C17H26F3N3O5. The molecule has 0 radical (unpaired) electrons. The van der Waals surface area contributed by atoms with Gasteiger partial charge in [0.25, 0.3) is 0 Å². The zero-order valence-corrected chi connectivity index (χ0v) is 16.2. The van der Waals surface area contributed by atoms with E-state index in [1.807, 2.05) is 5.32 Å². The number of alkyl carbamates (subject to hydrolysis) is 1. The summed E-state index contributed by atoms with van der Waals surface area (Å²) in [6, 6.07) is 1.55. The van der Waals surface area contributed by atoms with E-state index in [0.717, 1.165) is 0 Å². The highest BCUT2D eigenvalue weighted by Gasteiger charge is 2.41. The first-order chi connectivity index (χ1) is 12.9. The van der Waals surface area contributed by atoms with Crippen LogP contribution < -0.4 is 10.6 Å². The van der Waals surface area contributed by atoms with Crippen LogP contribution in [-0.2, 0) is 14.2 Å². The van der Waals surface area contributed by atoms with Crippen LogP contribution in [0.25, 0.3) is 0 Å². The van der Waals surface area contributed by atoms with Gasteiger partial charge in [-0.15, -0.1) is 0 Å². The van der Waals surface area contributed by atoms with Gasteiger partial charge >= 0.3 is 18.2 Å². The van der Waals surface area contributed by atoms with Crippen LogP contribution in [0, 0.1) is 0 Å². The van der Waals surface area contributed by atoms with Crippen LogP contribution in [0.4, 0.5) is 23.7 Å². The van der Waals surface area contributed by atoms with Crippen molar-refractivity contribution in [2.24, 2.45) is 0 Å². The topological polar surface area (TPSA) is 102 Å². The van der Waals surface area contributed by atoms with Crippen molar-refractivity contribution >= 4 is 17.7 Å². The number of halogens is 3. The summed E-state index contributed by atoms with van der Waals surface area (Å²) in [5, 5.41) is 4.84. The Morgan fingerprint density at radius 1 is 1.25 bits per heavy atom. The summed E-state index contributed by atoms with van der Waals surface area (Å²) in [4.78, 5) is 25.9. The van der Waals surface area contributed by atoms with Crippen LogP contribution in [0.5, 0.6) is 0 Å². The standard InChI is InChI=1S/C17H26F3N3O5/c1-5-26-14(24)13-11(6-7-22-13)21-8-9-27-12(17(18,19)20)10-23-15(25)28-16(2,3)4/h6-7,12,21-22H,5,8-10H2,1-4H3,(H,23,25). The van der Waals surface area contributed by atoms with Crippen molar-refractivity contribution in [2.75, 3.05) is 31.6 Å². The second kappa shape index (κ2) is 10.2. The molecule has 8 nitrogen and oxygen atoms in total. The van der Waals surface area contributed by atoms with Gasteiger partial charge in [0.2, 0.25) is 0 Å². The van der Waals surface area contributed by atoms with Crippen LogP contribution in [0.15, 0.2) is 12.3 Å². The number of ether oxygens (including phenoxy) is 3. The number of esters is 1. The second-order valence-corrected chi connectivity index (χ2v) is 6.70. The zero-order valence-electron chi connectivity index (χ0n) is 16.2. The summed E-state index contributed by atoms with van der Waals surface area (Å²) in [5.41, 5.74) is -0.270. The fourth-order valence-corrected chi connectivity index (χ4v) is 2.04. The van der Waals surface area contributed by atoms with Gasteiger partial charge in [-0.25, -0.2) is 9.59 Å². The third kappa shape index (κ3) is 8.51. The smallest absolute Gasteiger partial charge is 0.416 e. The number of carbonyl (C=O) groups is 2. The van der Waals surface area contributed by atoms with Gasteiger partial charge in [-0.3, -0.25) is 0 Å². The van der Waals surface area contributed by atoms with Gasteiger partial charge < -0.3 is 29.8 Å². The molecule has 3 N–H and O–H groups in total. The predicted molar refractivity (Wildman–Crippen MR) is 95.3 cm³/mol. The number of amides is 1. The Labute approximate surface area is 161 Å². The molecule has 0 aromatic carbocycles. The molecule has 1 aromatic heterocycles. The predicted octanol–water partition coefficient (Wildman–Crippen LogP) is 3.08. The van der Waals surface area contributed by atoms with E-state index in [2.05, 4.69) is 10.3 Å². The van der Waals surface area contributed by atoms with Gasteiger partial charge in [-0.05, 0) is 33.8 Å². The lowest BCUT2D eigenvalue weighted by Crippen LogP contribution is -2.44. The number of anilines is 1. The van der Waals surface area contributed by atoms with Crippen LogP contribution in [0.3, 0.4) is 0 Å². The Hall–Kier alpha value is -2.43. The maximum atomic E-state index is 13.1. The van der Waals surface area contributed by atoms with Gasteiger partial charge in [-0.2, -0.15) is 13.2 Å². The van der Waals surface area contributed by atoms with Gasteiger partial charge in [0.05, 0.1) is 25.4 Å². The van der Waals surface area contributed by atoms with E-state index in [9.17, 15) is 22.8 Å². The molecule has 1 amide bonds. The van der Waals surface area contributed by atoms with Crippen molar-refractivity contribution in [2.45, 2.75) is 45.6 Å². The Bertz CT molecular complexity index is 641. The van der Waals surface area contributed by atoms with Gasteiger partial charge in [0.15, 0.2) is 6.10 Å². The first-order valence-electron chi connectivity index (χ1n) is 8.67. The lowest BCUT2D eigenvalue weighted by Gasteiger charge is -2.23. The van der Waals surface area contributed by atoms with E-state index in [0.29, 0.717) is 5.69 Å². The maximum Gasteiger partial charge on any atom is 0.416 e. The Kier molecular flexibility index (Phi) is 8.61. The molecule has 1 rings (SSSR count). The molecule has 1 heterocycles. The SMILES string of the molecule is CCOC(=O)c1[nH]ccc1NCCOC(CNC(=O)OC(C)(C)C)C(F)(F)F. The van der Waals surface area contributed by atoms with E-state index in [1.54, 1.807) is 33.8 Å². The average Bonchev–Trinajstić information content (AvgIpc) is 3.00. The quantitative estimate of drug-likeness (QED) is 0.428. The summed E-state index contributed by atoms with van der Waals surface area (Å²) >= 11 is 0. The largest absolute Gasteiger partial charge is 0.461 e. The average molecular weight is 409 g/mol. The minimum atomic E-state index is -4.67. The van der Waals surface area contributed by atoms with Gasteiger partial charge in [-0.1, -0.05) is 0 Å². The molecule has 0 saturated carbocycles. The molecule has 1 unspecified atom stereocenters. The minimum Gasteiger partial charge on any atom is -0.461 e. The second-order valence-electron chi connectivity index (χ2n) is 6.70. The van der Waals surface area contributed by atoms with Crippen molar-refractivity contribution in [3.8, 4) is 0 Å². The summed E-state index contributed by atoms with van der Waals surface area (Å²) in [7, 11) is 0. The Morgan fingerprint density at radius 3 is 2.50 bits per heavy atom. The van der Waals surface area contributed by atoms with Crippen molar-refractivity contribution in [1.82, 2.24) is 10.3 Å². The van der Waals surface area contributed by atoms with Gasteiger partial charge in [0.1, 0.15) is 11.3 Å². The van der Waals surface area contributed by atoms with Gasteiger partial charge in [0, 0.05) is 12.7 Å². The number of hydrogen-bond acceptors (Lipinski definition) is 6. The highest BCUT2D eigenvalue weighted by molar-refractivity contribution is 5.93. The van der Waals surface area contributed by atoms with Crippen molar-refractivity contribution < 1.29 is 37.0 Å². The van der Waals surface area contributed by atoms with Crippen molar-refractivity contribution in [3.63, 3.8) is 0 Å². The maximum absolute atomic E-state index is 13.1. The van der Waals surface area contributed by atoms with Crippen molar-refractivity contribution in [1.29, 1.82) is 0 Å². The molecule has 0 bridgehead atoms. The highest BCUT2D eigenvalue weighted by atomic mass is 19.4. The summed E-state index contributed by atoms with van der Waals surface area (Å²) in [6.45, 7) is 5.56. The molecular weight excluding hydrogens is 383 g/mol. The molecule has 1 atom stereocenters. The number of H-pyrrole nitrogens is 1. The number of aromatic nitrogens is 1. The number of rotatable bonds is 9. The van der Waals surface area contributed by atoms with E-state index >= 15 is 0 Å². The number of alkyl halides is 3. The first kappa shape index (κ1) is 23.6. The Balaban J connectivity index is 2.50. The molecule has 0 spiro atoms. The van der Waals surface area contributed by atoms with E-state index < -0.39 is 36.5 Å². The summed E-state index contributed by atoms with van der Waals surface area (Å²) in [5.74, 6) is -0.578. The Morgan fingerprint density at radius 2 is 1.93 bits per heavy atom. The number of hydrogen-bond donors (Lipinski definition) is 3. The lowest BCUT2D eigenvalue weighted by atomic mass is 10.2. The monoisotopic (exact) mass is 409 g/mol. The van der Waals surface area contributed by atoms with Crippen molar-refractivity contribution in [3.05, 3.63) is 18.0 Å². The summed E-state index contributed by atoms with van der Waals surface area (Å²) in [6.07, 6.45) is -6.33. The minimum absolute atomic E-state index is 0.00325. The van der Waals surface area contributed by atoms with E-state index in [4.69, 9.17) is 14.2 Å². The fourth-order valence-electron chi connectivity index (χ4n) is 2.04. The van der Waals surface area contributed by atoms with Crippen LogP contribution in [0.1, 0.15) is 38.2 Å². The molecule has 11 heteroatoms. The number of carbonyl (C=O) groups excluding carboxylic acids is 2. The van der Waals surface area contributed by atoms with Crippen LogP contribution in [-0.4, -0.2) is 61.2 Å². The van der Waals surface area contributed by atoms with E-state index in [-0.39, 0.29) is 25.5 Å². The molecule has 0 aliphatic rings. The fraction of sp³-hybridized carbons (Fsp3) is 0.647. The highest BCUT2D eigenvalue weighted by Crippen LogP contribution is 2.23. The zero-order chi connectivity index (χ0) is 21.4. The number of aromatic amines is 1. The van der Waals surface area contributed by atoms with Crippen LogP contribution in [0.2, 0.25) is 0 Å². The molecule has 1 aromatic rings. The first-order valence-corrected chi connectivity index (χ1v) is 8.67. The summed E-state index contributed by atoms with van der Waals surface area (Å²) < 4.78 is 53.8. The third-order valence-corrected chi connectivity index (χ3v) is 3.16. The number of nitrogens with one attached hydrogen (secondary N) is 3. The third-order valence-electron chi connectivity index (χ3n) is 3.16. The van der Waals surface area contributed by atoms with Crippen LogP contribution >= 0.6 is 0 Å².